The van der Waals surface area contributed by atoms with Gasteiger partial charge in [-0.2, -0.15) is 0 Å². The first-order valence-electron chi connectivity index (χ1n) is 4.96. The lowest BCUT2D eigenvalue weighted by atomic mass is 9.88. The van der Waals surface area contributed by atoms with Gasteiger partial charge < -0.3 is 9.31 Å². The predicted molar refractivity (Wildman–Crippen MR) is 62.3 cm³/mol. The maximum atomic E-state index is 5.19. The van der Waals surface area contributed by atoms with Crippen LogP contribution in [0.5, 0.6) is 0 Å². The van der Waals surface area contributed by atoms with E-state index < -0.39 is 0 Å². The van der Waals surface area contributed by atoms with Gasteiger partial charge in [0.05, 0.1) is 0 Å². The van der Waals surface area contributed by atoms with Crippen LogP contribution in [0.4, 0.5) is 0 Å². The molecule has 14 heavy (non-hydrogen) atoms. The van der Waals surface area contributed by atoms with Crippen LogP contribution in [0.15, 0.2) is 12.1 Å². The molecule has 1 heterocycles. The van der Waals surface area contributed by atoms with Crippen LogP contribution >= 0.6 is 11.3 Å². The molecule has 0 saturated carbocycles. The fourth-order valence-electron chi connectivity index (χ4n) is 1.34. The van der Waals surface area contributed by atoms with E-state index in [1.165, 1.54) is 24.1 Å². The Morgan fingerprint density at radius 1 is 1.29 bits per heavy atom. The molecule has 0 bridgehead atoms. The molecule has 78 valence electrons. The largest absolute Gasteiger partial charge is 0.504 e. The zero-order valence-corrected chi connectivity index (χ0v) is 9.89. The van der Waals surface area contributed by atoms with Crippen LogP contribution in [0.3, 0.4) is 0 Å². The fraction of sp³-hybridized carbons (Fsp3) is 0.600. The van der Waals surface area contributed by atoms with Crippen molar-refractivity contribution in [1.82, 2.24) is 0 Å². The van der Waals surface area contributed by atoms with Crippen molar-refractivity contribution in [1.29, 1.82) is 0 Å². The van der Waals surface area contributed by atoms with Gasteiger partial charge in [-0.1, -0.05) is 19.4 Å². The minimum Gasteiger partial charge on any atom is -0.410 e. The number of hydrogen-bond donors (Lipinski definition) is 0. The third-order valence-electron chi connectivity index (χ3n) is 2.12. The first kappa shape index (κ1) is 11.8. The summed E-state index contributed by atoms with van der Waals surface area (Å²) in [5, 5.41) is 0. The van der Waals surface area contributed by atoms with Crippen molar-refractivity contribution in [3.05, 3.63) is 17.0 Å². The minimum absolute atomic E-state index is 0.199. The molecule has 0 aliphatic carbocycles. The highest BCUT2D eigenvalue weighted by Crippen LogP contribution is 2.11. The Hall–Kier alpha value is -0.315. The van der Waals surface area contributed by atoms with E-state index in [4.69, 9.17) is 9.31 Å². The van der Waals surface area contributed by atoms with Crippen LogP contribution in [0.25, 0.3) is 0 Å². The number of hydrogen-bond acceptors (Lipinski definition) is 3. The summed E-state index contributed by atoms with van der Waals surface area (Å²) in [6.07, 6.45) is 3.66. The topological polar surface area (TPSA) is 18.5 Å². The molecule has 1 aromatic heterocycles. The van der Waals surface area contributed by atoms with Crippen LogP contribution in [0, 0.1) is 0 Å². The Labute approximate surface area is 90.4 Å². The summed E-state index contributed by atoms with van der Waals surface area (Å²) in [4.78, 5) is 1.42. The lowest BCUT2D eigenvalue weighted by molar-refractivity contribution is 0.292. The molecule has 0 spiro atoms. The lowest BCUT2D eigenvalue weighted by Gasteiger charge is -2.04. The second-order valence-electron chi connectivity index (χ2n) is 3.21. The Balaban J connectivity index is 2.57. The highest BCUT2D eigenvalue weighted by Gasteiger charge is 2.19. The maximum Gasteiger partial charge on any atom is 0.504 e. The molecule has 0 unspecified atom stereocenters. The van der Waals surface area contributed by atoms with E-state index in [9.17, 15) is 0 Å². The standard InChI is InChI=1S/C10H17BO2S/c1-4-5-6-9-7-8-10(14-9)11(12-2)13-3/h7-8H,4-6H2,1-3H3. The lowest BCUT2D eigenvalue weighted by Crippen LogP contribution is -2.32. The van der Waals surface area contributed by atoms with Gasteiger partial charge in [-0.25, -0.2) is 0 Å². The summed E-state index contributed by atoms with van der Waals surface area (Å²) in [6.45, 7) is 2.21. The second kappa shape index (κ2) is 6.22. The van der Waals surface area contributed by atoms with Crippen molar-refractivity contribution < 1.29 is 9.31 Å². The minimum atomic E-state index is -0.199. The van der Waals surface area contributed by atoms with Gasteiger partial charge in [-0.3, -0.25) is 0 Å². The van der Waals surface area contributed by atoms with Crippen molar-refractivity contribution in [3.8, 4) is 0 Å². The Morgan fingerprint density at radius 2 is 2.00 bits per heavy atom. The first-order valence-corrected chi connectivity index (χ1v) is 5.77. The van der Waals surface area contributed by atoms with Crippen LogP contribution in [-0.4, -0.2) is 21.3 Å². The van der Waals surface area contributed by atoms with E-state index in [1.54, 1.807) is 25.6 Å². The molecule has 0 N–H and O–H groups in total. The normalized spacial score (nSPS) is 10.5. The number of unbranched alkanes of at least 4 members (excludes halogenated alkanes) is 1. The van der Waals surface area contributed by atoms with Gasteiger partial charge in [0.15, 0.2) is 0 Å². The summed E-state index contributed by atoms with van der Waals surface area (Å²) in [5.41, 5.74) is 0. The quantitative estimate of drug-likeness (QED) is 0.672. The van der Waals surface area contributed by atoms with E-state index in [0.717, 1.165) is 4.78 Å². The summed E-state index contributed by atoms with van der Waals surface area (Å²) >= 11 is 1.78. The van der Waals surface area contributed by atoms with Crippen molar-refractivity contribution in [2.75, 3.05) is 14.2 Å². The van der Waals surface area contributed by atoms with Gasteiger partial charge in [0.2, 0.25) is 0 Å². The molecule has 0 fully saturated rings. The van der Waals surface area contributed by atoms with Gasteiger partial charge in [0.1, 0.15) is 0 Å². The highest BCUT2D eigenvalue weighted by molar-refractivity contribution is 7.22. The van der Waals surface area contributed by atoms with Gasteiger partial charge in [0.25, 0.3) is 0 Å². The maximum absolute atomic E-state index is 5.19. The molecule has 1 rings (SSSR count). The molecule has 0 aliphatic rings. The molecule has 0 aromatic carbocycles. The van der Waals surface area contributed by atoms with Crippen LogP contribution < -0.4 is 4.78 Å². The van der Waals surface area contributed by atoms with Crippen LogP contribution in [0.1, 0.15) is 24.6 Å². The summed E-state index contributed by atoms with van der Waals surface area (Å²) in [7, 11) is 3.13. The highest BCUT2D eigenvalue weighted by atomic mass is 32.1. The average molecular weight is 212 g/mol. The second-order valence-corrected chi connectivity index (χ2v) is 4.41. The fourth-order valence-corrected chi connectivity index (χ4v) is 2.45. The van der Waals surface area contributed by atoms with Gasteiger partial charge in [-0.05, 0) is 18.9 Å². The molecule has 0 saturated heterocycles. The SMILES string of the molecule is CCCCc1ccc(B(OC)OC)s1. The molecular formula is C10H17BO2S. The number of thiophene rings is 1. The summed E-state index contributed by atoms with van der Waals surface area (Å²) in [5.74, 6) is 0. The zero-order chi connectivity index (χ0) is 10.4. The van der Waals surface area contributed by atoms with Gasteiger partial charge >= 0.3 is 7.12 Å². The first-order chi connectivity index (χ1) is 6.81. The molecule has 0 atom stereocenters. The van der Waals surface area contributed by atoms with Crippen molar-refractivity contribution in [2.45, 2.75) is 26.2 Å². The average Bonchev–Trinajstić information content (AvgIpc) is 2.65. The van der Waals surface area contributed by atoms with E-state index in [1.807, 2.05) is 0 Å². The third kappa shape index (κ3) is 3.12. The number of aryl methyl sites for hydroxylation is 1. The molecule has 0 amide bonds. The van der Waals surface area contributed by atoms with Crippen molar-refractivity contribution in [3.63, 3.8) is 0 Å². The third-order valence-corrected chi connectivity index (χ3v) is 3.29. The molecule has 2 nitrogen and oxygen atoms in total. The Morgan fingerprint density at radius 3 is 2.57 bits per heavy atom. The summed E-state index contributed by atoms with van der Waals surface area (Å²) in [6, 6.07) is 4.26. The van der Waals surface area contributed by atoms with E-state index in [2.05, 4.69) is 19.1 Å². The van der Waals surface area contributed by atoms with Gasteiger partial charge in [-0.15, -0.1) is 11.3 Å². The monoisotopic (exact) mass is 212 g/mol. The van der Waals surface area contributed by atoms with Crippen molar-refractivity contribution in [2.24, 2.45) is 0 Å². The Bertz CT molecular complexity index is 258. The van der Waals surface area contributed by atoms with Crippen molar-refractivity contribution >= 4 is 23.2 Å². The molecule has 1 aromatic rings. The molecular weight excluding hydrogens is 195 g/mol. The Kier molecular flexibility index (Phi) is 5.23. The summed E-state index contributed by atoms with van der Waals surface area (Å²) < 4.78 is 11.5. The smallest absolute Gasteiger partial charge is 0.410 e. The predicted octanol–water partition coefficient (Wildman–Crippen LogP) is 2.08. The van der Waals surface area contributed by atoms with E-state index in [0.29, 0.717) is 0 Å². The van der Waals surface area contributed by atoms with E-state index >= 15 is 0 Å². The van der Waals surface area contributed by atoms with Crippen LogP contribution in [-0.2, 0) is 15.7 Å². The molecule has 4 heteroatoms. The molecule has 0 aliphatic heterocycles. The van der Waals surface area contributed by atoms with Gasteiger partial charge in [0, 0.05) is 23.9 Å². The molecule has 0 radical (unpaired) electrons. The van der Waals surface area contributed by atoms with Crippen LogP contribution in [0.2, 0.25) is 0 Å². The van der Waals surface area contributed by atoms with E-state index in [-0.39, 0.29) is 7.12 Å². The number of rotatable bonds is 6. The zero-order valence-electron chi connectivity index (χ0n) is 9.08.